The van der Waals surface area contributed by atoms with Crippen molar-refractivity contribution in [2.75, 3.05) is 33.3 Å². The monoisotopic (exact) mass is 271 g/mol. The third-order valence-corrected chi connectivity index (χ3v) is 3.98. The number of amides is 2. The molecule has 19 heavy (non-hydrogen) atoms. The summed E-state index contributed by atoms with van der Waals surface area (Å²) < 4.78 is 0. The van der Waals surface area contributed by atoms with Gasteiger partial charge in [0.15, 0.2) is 0 Å². The van der Waals surface area contributed by atoms with E-state index in [-0.39, 0.29) is 18.7 Å². The number of nitrogens with one attached hydrogen (secondary N) is 2. The number of hydrogen-bond acceptors (Lipinski definition) is 3. The predicted molar refractivity (Wildman–Crippen MR) is 77.2 cm³/mol. The molecule has 1 unspecified atom stereocenters. The average Bonchev–Trinajstić information content (AvgIpc) is 2.40. The van der Waals surface area contributed by atoms with Crippen molar-refractivity contribution in [1.82, 2.24) is 15.5 Å². The molecule has 5 heteroatoms. The summed E-state index contributed by atoms with van der Waals surface area (Å²) in [7, 11) is 2.16. The lowest BCUT2D eigenvalue weighted by Crippen LogP contribution is -2.43. The maximum atomic E-state index is 11.7. The lowest BCUT2D eigenvalue weighted by molar-refractivity contribution is 0.208. The highest BCUT2D eigenvalue weighted by Crippen LogP contribution is 2.18. The molecular weight excluding hydrogens is 242 g/mol. The first-order valence-electron chi connectivity index (χ1n) is 7.49. The summed E-state index contributed by atoms with van der Waals surface area (Å²) in [4.78, 5) is 14.0. The van der Waals surface area contributed by atoms with Crippen LogP contribution in [0.2, 0.25) is 0 Å². The van der Waals surface area contributed by atoms with E-state index < -0.39 is 0 Å². The van der Waals surface area contributed by atoms with Crippen LogP contribution in [0.3, 0.4) is 0 Å². The minimum atomic E-state index is -0.103. The zero-order chi connectivity index (χ0) is 14.1. The van der Waals surface area contributed by atoms with E-state index in [0.717, 1.165) is 25.3 Å². The van der Waals surface area contributed by atoms with Gasteiger partial charge in [0.25, 0.3) is 0 Å². The number of urea groups is 1. The summed E-state index contributed by atoms with van der Waals surface area (Å²) in [6.07, 6.45) is 5.02. The molecule has 5 nitrogen and oxygen atoms in total. The average molecular weight is 271 g/mol. The number of aliphatic hydroxyl groups excluding tert-OH is 1. The van der Waals surface area contributed by atoms with Crippen molar-refractivity contribution >= 4 is 6.03 Å². The van der Waals surface area contributed by atoms with Crippen molar-refractivity contribution in [3.05, 3.63) is 0 Å². The molecule has 1 aliphatic heterocycles. The summed E-state index contributed by atoms with van der Waals surface area (Å²) in [6.45, 7) is 5.22. The Kier molecular flexibility index (Phi) is 7.82. The second-order valence-corrected chi connectivity index (χ2v) is 5.55. The van der Waals surface area contributed by atoms with Gasteiger partial charge in [-0.1, -0.05) is 6.92 Å². The molecule has 2 amide bonds. The van der Waals surface area contributed by atoms with Crippen LogP contribution in [0.1, 0.15) is 39.0 Å². The number of aliphatic hydroxyl groups is 1. The zero-order valence-corrected chi connectivity index (χ0v) is 12.3. The Bertz CT molecular complexity index is 253. The van der Waals surface area contributed by atoms with Crippen LogP contribution in [0, 0.1) is 5.92 Å². The summed E-state index contributed by atoms with van der Waals surface area (Å²) >= 11 is 0. The van der Waals surface area contributed by atoms with Crippen molar-refractivity contribution in [3.63, 3.8) is 0 Å². The number of hydrogen-bond donors (Lipinski definition) is 3. The van der Waals surface area contributed by atoms with Crippen molar-refractivity contribution in [3.8, 4) is 0 Å². The van der Waals surface area contributed by atoms with Crippen LogP contribution >= 0.6 is 0 Å². The molecule has 1 fully saturated rings. The van der Waals surface area contributed by atoms with Crippen molar-refractivity contribution in [1.29, 1.82) is 0 Å². The van der Waals surface area contributed by atoms with E-state index in [1.54, 1.807) is 0 Å². The van der Waals surface area contributed by atoms with Crippen molar-refractivity contribution < 1.29 is 9.90 Å². The van der Waals surface area contributed by atoms with Crippen molar-refractivity contribution in [2.24, 2.45) is 5.92 Å². The van der Waals surface area contributed by atoms with Gasteiger partial charge in [0.1, 0.15) is 0 Å². The number of rotatable bonds is 7. The first kappa shape index (κ1) is 16.2. The molecule has 0 aromatic rings. The van der Waals surface area contributed by atoms with Gasteiger partial charge in [-0.25, -0.2) is 4.79 Å². The molecular formula is C14H29N3O2. The van der Waals surface area contributed by atoms with Crippen LogP contribution in [0.25, 0.3) is 0 Å². The van der Waals surface area contributed by atoms with Crippen molar-refractivity contribution in [2.45, 2.75) is 45.1 Å². The van der Waals surface area contributed by atoms with Gasteiger partial charge < -0.3 is 20.6 Å². The summed E-state index contributed by atoms with van der Waals surface area (Å²) in [5.41, 5.74) is 0. The third-order valence-electron chi connectivity index (χ3n) is 3.98. The molecule has 0 aromatic heterocycles. The fourth-order valence-corrected chi connectivity index (χ4v) is 2.51. The minimum absolute atomic E-state index is 0.0772. The van der Waals surface area contributed by atoms with Crippen LogP contribution in [0.5, 0.6) is 0 Å². The Morgan fingerprint density at radius 3 is 2.68 bits per heavy atom. The minimum Gasteiger partial charge on any atom is -0.396 e. The normalized spacial score (nSPS) is 19.1. The molecule has 1 saturated heterocycles. The number of carbonyl (C=O) groups excluding carboxylic acids is 1. The highest BCUT2D eigenvalue weighted by molar-refractivity contribution is 5.74. The standard InChI is InChI=1S/C14H29N3O2/c1-3-13(7-11-18)16-14(19)15-8-4-12-5-9-17(2)10-6-12/h12-13,18H,3-11H2,1-2H3,(H2,15,16,19). The van der Waals surface area contributed by atoms with E-state index in [9.17, 15) is 4.79 Å². The molecule has 1 rings (SSSR count). The second kappa shape index (κ2) is 9.15. The third kappa shape index (κ3) is 6.78. The molecule has 0 aliphatic carbocycles. The molecule has 0 radical (unpaired) electrons. The van der Waals surface area contributed by atoms with Crippen LogP contribution in [-0.4, -0.2) is 55.4 Å². The van der Waals surface area contributed by atoms with Gasteiger partial charge in [-0.15, -0.1) is 0 Å². The SMILES string of the molecule is CCC(CCO)NC(=O)NCCC1CCN(C)CC1. The number of carbonyl (C=O) groups is 1. The molecule has 0 saturated carbocycles. The molecule has 0 aromatic carbocycles. The topological polar surface area (TPSA) is 64.6 Å². The molecule has 112 valence electrons. The van der Waals surface area contributed by atoms with E-state index in [4.69, 9.17) is 5.11 Å². The molecule has 0 bridgehead atoms. The highest BCUT2D eigenvalue weighted by atomic mass is 16.3. The van der Waals surface area contributed by atoms with E-state index in [1.165, 1.54) is 25.9 Å². The summed E-state index contributed by atoms with van der Waals surface area (Å²) in [5, 5.41) is 14.7. The van der Waals surface area contributed by atoms with Crippen LogP contribution in [0.15, 0.2) is 0 Å². The summed E-state index contributed by atoms with van der Waals surface area (Å²) in [5.74, 6) is 0.746. The van der Waals surface area contributed by atoms with Gasteiger partial charge in [-0.05, 0) is 58.2 Å². The lowest BCUT2D eigenvalue weighted by Gasteiger charge is -2.29. The molecule has 1 heterocycles. The molecule has 1 atom stereocenters. The second-order valence-electron chi connectivity index (χ2n) is 5.55. The maximum Gasteiger partial charge on any atom is 0.315 e. The van der Waals surface area contributed by atoms with Crippen LogP contribution < -0.4 is 10.6 Å². The van der Waals surface area contributed by atoms with Crippen LogP contribution in [0.4, 0.5) is 4.79 Å². The Morgan fingerprint density at radius 1 is 1.42 bits per heavy atom. The number of piperidine rings is 1. The smallest absolute Gasteiger partial charge is 0.315 e. The van der Waals surface area contributed by atoms with Gasteiger partial charge in [0.05, 0.1) is 0 Å². The summed E-state index contributed by atoms with van der Waals surface area (Å²) in [6, 6.07) is -0.0263. The van der Waals surface area contributed by atoms with Gasteiger partial charge in [0, 0.05) is 19.2 Å². The Balaban J connectivity index is 2.09. The Hall–Kier alpha value is -0.810. The Morgan fingerprint density at radius 2 is 2.11 bits per heavy atom. The van der Waals surface area contributed by atoms with E-state index in [2.05, 4.69) is 22.6 Å². The van der Waals surface area contributed by atoms with Gasteiger partial charge >= 0.3 is 6.03 Å². The first-order chi connectivity index (χ1) is 9.15. The Labute approximate surface area is 116 Å². The van der Waals surface area contributed by atoms with Gasteiger partial charge in [-0.2, -0.15) is 0 Å². The number of nitrogens with zero attached hydrogens (tertiary/aromatic N) is 1. The van der Waals surface area contributed by atoms with E-state index in [0.29, 0.717) is 6.42 Å². The predicted octanol–water partition coefficient (Wildman–Crippen LogP) is 1.18. The fraction of sp³-hybridized carbons (Fsp3) is 0.929. The van der Waals surface area contributed by atoms with E-state index >= 15 is 0 Å². The maximum absolute atomic E-state index is 11.7. The molecule has 0 spiro atoms. The first-order valence-corrected chi connectivity index (χ1v) is 7.49. The molecule has 3 N–H and O–H groups in total. The van der Waals surface area contributed by atoms with E-state index in [1.807, 2.05) is 6.92 Å². The quantitative estimate of drug-likeness (QED) is 0.651. The largest absolute Gasteiger partial charge is 0.396 e. The number of likely N-dealkylation sites (tertiary alicyclic amines) is 1. The van der Waals surface area contributed by atoms with Gasteiger partial charge in [-0.3, -0.25) is 0 Å². The van der Waals surface area contributed by atoms with Crippen LogP contribution in [-0.2, 0) is 0 Å². The zero-order valence-electron chi connectivity index (χ0n) is 12.3. The molecule has 1 aliphatic rings. The van der Waals surface area contributed by atoms with Gasteiger partial charge in [0.2, 0.25) is 0 Å². The fourth-order valence-electron chi connectivity index (χ4n) is 2.51. The lowest BCUT2D eigenvalue weighted by atomic mass is 9.94. The highest BCUT2D eigenvalue weighted by Gasteiger charge is 2.16.